The van der Waals surface area contributed by atoms with Crippen LogP contribution in [0.3, 0.4) is 0 Å². The van der Waals surface area contributed by atoms with Crippen LogP contribution in [0.15, 0.2) is 18.5 Å². The molecule has 1 unspecified atom stereocenters. The minimum absolute atomic E-state index is 0.138. The molecule has 1 aliphatic heterocycles. The fraction of sp³-hybridized carbons (Fsp3) is 0.600. The molecule has 1 aromatic heterocycles. The van der Waals surface area contributed by atoms with Gasteiger partial charge in [-0.3, -0.25) is 4.90 Å². The van der Waals surface area contributed by atoms with Gasteiger partial charge in [0.15, 0.2) is 0 Å². The van der Waals surface area contributed by atoms with Gasteiger partial charge in [0.05, 0.1) is 0 Å². The zero-order valence-corrected chi connectivity index (χ0v) is 8.37. The third-order valence-electron chi connectivity index (χ3n) is 2.71. The maximum absolute atomic E-state index is 6.09. The van der Waals surface area contributed by atoms with Crippen molar-refractivity contribution in [2.45, 2.75) is 6.04 Å². The lowest BCUT2D eigenvalue weighted by molar-refractivity contribution is 0.228. The van der Waals surface area contributed by atoms with E-state index in [1.165, 1.54) is 5.56 Å². The first kappa shape index (κ1) is 9.71. The molecule has 4 nitrogen and oxygen atoms in total. The highest BCUT2D eigenvalue weighted by Crippen LogP contribution is 2.10. The van der Waals surface area contributed by atoms with E-state index in [0.717, 1.165) is 32.7 Å². The molecule has 0 amide bonds. The van der Waals surface area contributed by atoms with Crippen molar-refractivity contribution in [3.8, 4) is 0 Å². The smallest absolute Gasteiger partial charge is 0.0439 e. The Hall–Kier alpha value is -0.840. The third kappa shape index (κ3) is 2.35. The van der Waals surface area contributed by atoms with Crippen molar-refractivity contribution in [3.05, 3.63) is 24.0 Å². The van der Waals surface area contributed by atoms with Crippen LogP contribution in [-0.2, 0) is 0 Å². The van der Waals surface area contributed by atoms with Gasteiger partial charge in [-0.15, -0.1) is 0 Å². The maximum Gasteiger partial charge on any atom is 0.0439 e. The van der Waals surface area contributed by atoms with E-state index in [2.05, 4.69) is 15.2 Å². The molecular formula is C10H18N4. The van der Waals surface area contributed by atoms with Crippen molar-refractivity contribution in [2.75, 3.05) is 32.7 Å². The summed E-state index contributed by atoms with van der Waals surface area (Å²) in [5.74, 6) is 0. The molecule has 0 saturated carbocycles. The van der Waals surface area contributed by atoms with E-state index in [-0.39, 0.29) is 6.04 Å². The van der Waals surface area contributed by atoms with Crippen molar-refractivity contribution < 1.29 is 0 Å². The summed E-state index contributed by atoms with van der Waals surface area (Å²) in [5, 5.41) is 3.33. The van der Waals surface area contributed by atoms with Crippen molar-refractivity contribution >= 4 is 0 Å². The second-order valence-corrected chi connectivity index (χ2v) is 3.80. The number of H-pyrrole nitrogens is 1. The van der Waals surface area contributed by atoms with Gasteiger partial charge in [-0.05, 0) is 11.6 Å². The number of hydrogen-bond donors (Lipinski definition) is 3. The summed E-state index contributed by atoms with van der Waals surface area (Å²) in [7, 11) is 0. The van der Waals surface area contributed by atoms with Crippen LogP contribution in [0.2, 0.25) is 0 Å². The Morgan fingerprint density at radius 2 is 2.21 bits per heavy atom. The average molecular weight is 194 g/mol. The Morgan fingerprint density at radius 1 is 1.43 bits per heavy atom. The van der Waals surface area contributed by atoms with E-state index in [9.17, 15) is 0 Å². The quantitative estimate of drug-likeness (QED) is 0.631. The fourth-order valence-corrected chi connectivity index (χ4v) is 1.84. The van der Waals surface area contributed by atoms with Gasteiger partial charge >= 0.3 is 0 Å². The predicted molar refractivity (Wildman–Crippen MR) is 57.0 cm³/mol. The first-order valence-electron chi connectivity index (χ1n) is 5.17. The molecule has 78 valence electrons. The van der Waals surface area contributed by atoms with Crippen LogP contribution in [0.4, 0.5) is 0 Å². The summed E-state index contributed by atoms with van der Waals surface area (Å²) in [4.78, 5) is 5.45. The van der Waals surface area contributed by atoms with Gasteiger partial charge in [0.1, 0.15) is 0 Å². The molecule has 4 heteroatoms. The lowest BCUT2D eigenvalue weighted by Crippen LogP contribution is -2.45. The van der Waals surface area contributed by atoms with E-state index >= 15 is 0 Å². The van der Waals surface area contributed by atoms with E-state index in [4.69, 9.17) is 5.73 Å². The van der Waals surface area contributed by atoms with Gasteiger partial charge < -0.3 is 16.0 Å². The van der Waals surface area contributed by atoms with Crippen LogP contribution >= 0.6 is 0 Å². The largest absolute Gasteiger partial charge is 0.367 e. The third-order valence-corrected chi connectivity index (χ3v) is 2.71. The Bertz CT molecular complexity index is 251. The number of piperazine rings is 1. The molecule has 1 atom stereocenters. The standard InChI is InChI=1S/C10H18N4/c11-10(9-1-2-13-7-9)8-14-5-3-12-4-6-14/h1-2,7,10,12-13H,3-6,8,11H2. The Balaban J connectivity index is 1.84. The van der Waals surface area contributed by atoms with Crippen LogP contribution in [0.25, 0.3) is 0 Å². The minimum atomic E-state index is 0.138. The van der Waals surface area contributed by atoms with E-state index in [1.54, 1.807) is 0 Å². The number of rotatable bonds is 3. The number of aromatic nitrogens is 1. The Labute approximate surface area is 84.5 Å². The molecule has 1 saturated heterocycles. The van der Waals surface area contributed by atoms with Gasteiger partial charge in [0.2, 0.25) is 0 Å². The fourth-order valence-electron chi connectivity index (χ4n) is 1.84. The van der Waals surface area contributed by atoms with E-state index < -0.39 is 0 Å². The molecule has 0 bridgehead atoms. The van der Waals surface area contributed by atoms with Crippen molar-refractivity contribution in [3.63, 3.8) is 0 Å². The highest BCUT2D eigenvalue weighted by Gasteiger charge is 2.14. The zero-order chi connectivity index (χ0) is 9.80. The van der Waals surface area contributed by atoms with Gasteiger partial charge in [-0.25, -0.2) is 0 Å². The van der Waals surface area contributed by atoms with Gasteiger partial charge in [-0.2, -0.15) is 0 Å². The average Bonchev–Trinajstić information content (AvgIpc) is 2.72. The maximum atomic E-state index is 6.09. The van der Waals surface area contributed by atoms with E-state index in [0.29, 0.717) is 0 Å². The monoisotopic (exact) mass is 194 g/mol. The summed E-state index contributed by atoms with van der Waals surface area (Å²) in [6.45, 7) is 5.34. The molecule has 1 aliphatic rings. The molecular weight excluding hydrogens is 176 g/mol. The SMILES string of the molecule is NC(CN1CCNCC1)c1cc[nH]c1. The van der Waals surface area contributed by atoms with Crippen molar-refractivity contribution in [1.82, 2.24) is 15.2 Å². The molecule has 0 aromatic carbocycles. The van der Waals surface area contributed by atoms with Crippen LogP contribution in [-0.4, -0.2) is 42.6 Å². The number of aromatic amines is 1. The summed E-state index contributed by atoms with van der Waals surface area (Å²) in [5.41, 5.74) is 7.29. The second-order valence-electron chi connectivity index (χ2n) is 3.80. The summed E-state index contributed by atoms with van der Waals surface area (Å²) < 4.78 is 0. The Morgan fingerprint density at radius 3 is 2.86 bits per heavy atom. The summed E-state index contributed by atoms with van der Waals surface area (Å²) in [6, 6.07) is 2.19. The minimum Gasteiger partial charge on any atom is -0.367 e. The molecule has 2 rings (SSSR count). The highest BCUT2D eigenvalue weighted by atomic mass is 15.2. The predicted octanol–water partition coefficient (Wildman–Crippen LogP) is -0.0803. The van der Waals surface area contributed by atoms with Gasteiger partial charge in [-0.1, -0.05) is 0 Å². The lowest BCUT2D eigenvalue weighted by Gasteiger charge is -2.29. The van der Waals surface area contributed by atoms with Gasteiger partial charge in [0, 0.05) is 51.2 Å². The topological polar surface area (TPSA) is 57.1 Å². The number of nitrogens with one attached hydrogen (secondary N) is 2. The first-order chi connectivity index (χ1) is 6.86. The van der Waals surface area contributed by atoms with Crippen LogP contribution < -0.4 is 11.1 Å². The van der Waals surface area contributed by atoms with Crippen LogP contribution in [0, 0.1) is 0 Å². The lowest BCUT2D eigenvalue weighted by atomic mass is 10.1. The first-order valence-corrected chi connectivity index (χ1v) is 5.17. The summed E-state index contributed by atoms with van der Waals surface area (Å²) >= 11 is 0. The van der Waals surface area contributed by atoms with Crippen molar-refractivity contribution in [2.24, 2.45) is 5.73 Å². The Kier molecular flexibility index (Phi) is 3.18. The molecule has 14 heavy (non-hydrogen) atoms. The van der Waals surface area contributed by atoms with Crippen molar-refractivity contribution in [1.29, 1.82) is 0 Å². The summed E-state index contributed by atoms with van der Waals surface area (Å²) in [6.07, 6.45) is 3.90. The molecule has 0 aliphatic carbocycles. The second kappa shape index (κ2) is 4.59. The number of nitrogens with two attached hydrogens (primary N) is 1. The van der Waals surface area contributed by atoms with E-state index in [1.807, 2.05) is 18.5 Å². The number of nitrogens with zero attached hydrogens (tertiary/aromatic N) is 1. The van der Waals surface area contributed by atoms with Gasteiger partial charge in [0.25, 0.3) is 0 Å². The van der Waals surface area contributed by atoms with Crippen LogP contribution in [0.1, 0.15) is 11.6 Å². The molecule has 0 spiro atoms. The highest BCUT2D eigenvalue weighted by molar-refractivity contribution is 5.13. The number of hydrogen-bond acceptors (Lipinski definition) is 3. The molecule has 4 N–H and O–H groups in total. The molecule has 1 fully saturated rings. The zero-order valence-electron chi connectivity index (χ0n) is 8.37. The molecule has 1 aromatic rings. The molecule has 2 heterocycles. The van der Waals surface area contributed by atoms with Crippen LogP contribution in [0.5, 0.6) is 0 Å². The molecule has 0 radical (unpaired) electrons. The normalized spacial score (nSPS) is 20.9.